The average Bonchev–Trinajstić information content (AvgIpc) is 2.78. The van der Waals surface area contributed by atoms with Gasteiger partial charge in [0.25, 0.3) is 0 Å². The Bertz CT molecular complexity index is 532. The molecule has 0 saturated heterocycles. The van der Waals surface area contributed by atoms with Crippen molar-refractivity contribution < 1.29 is 4.39 Å². The maximum Gasteiger partial charge on any atom is 0.131 e. The number of nitrogens with two attached hydrogens (primary N) is 1. The van der Waals surface area contributed by atoms with Gasteiger partial charge >= 0.3 is 0 Å². The number of benzene rings is 1. The third kappa shape index (κ3) is 2.59. The van der Waals surface area contributed by atoms with E-state index in [2.05, 4.69) is 12.0 Å². The Morgan fingerprint density at radius 2 is 2.22 bits per heavy atom. The average molecular weight is 247 g/mol. The third-order valence-electron chi connectivity index (χ3n) is 2.91. The van der Waals surface area contributed by atoms with Crippen LogP contribution in [0.1, 0.15) is 31.9 Å². The number of rotatable bonds is 4. The van der Waals surface area contributed by atoms with Gasteiger partial charge in [0.1, 0.15) is 5.82 Å². The lowest BCUT2D eigenvalue weighted by Gasteiger charge is -2.08. The normalized spacial score (nSPS) is 12.7. The molecule has 1 aromatic heterocycles. The van der Waals surface area contributed by atoms with Crippen molar-refractivity contribution in [2.24, 2.45) is 5.73 Å². The van der Waals surface area contributed by atoms with Crippen LogP contribution in [0.15, 0.2) is 30.6 Å². The van der Waals surface area contributed by atoms with Gasteiger partial charge in [0.05, 0.1) is 6.20 Å². The van der Waals surface area contributed by atoms with Gasteiger partial charge in [-0.2, -0.15) is 5.10 Å². The highest BCUT2D eigenvalue weighted by Crippen LogP contribution is 2.25. The van der Waals surface area contributed by atoms with E-state index in [0.29, 0.717) is 5.56 Å². The fourth-order valence-corrected chi connectivity index (χ4v) is 1.90. The molecule has 0 aliphatic rings. The summed E-state index contributed by atoms with van der Waals surface area (Å²) < 4.78 is 15.7. The van der Waals surface area contributed by atoms with Crippen molar-refractivity contribution in [3.8, 4) is 11.1 Å². The fourth-order valence-electron chi connectivity index (χ4n) is 1.90. The number of nitrogens with zero attached hydrogens (tertiary/aromatic N) is 2. The summed E-state index contributed by atoms with van der Waals surface area (Å²) in [6.45, 7) is 4.81. The van der Waals surface area contributed by atoms with Gasteiger partial charge in [-0.05, 0) is 31.0 Å². The summed E-state index contributed by atoms with van der Waals surface area (Å²) in [5.41, 5.74) is 8.10. The summed E-state index contributed by atoms with van der Waals surface area (Å²) >= 11 is 0. The molecule has 0 spiro atoms. The molecule has 4 heteroatoms. The maximum atomic E-state index is 13.8. The van der Waals surface area contributed by atoms with Gasteiger partial charge in [0.15, 0.2) is 0 Å². The SMILES string of the molecule is CCCn1cc(-c2cc(C(C)N)ccc2F)cn1. The molecular weight excluding hydrogens is 229 g/mol. The van der Waals surface area contributed by atoms with E-state index in [1.54, 1.807) is 18.3 Å². The lowest BCUT2D eigenvalue weighted by Crippen LogP contribution is -2.05. The summed E-state index contributed by atoms with van der Waals surface area (Å²) in [7, 11) is 0. The van der Waals surface area contributed by atoms with E-state index in [0.717, 1.165) is 24.1 Å². The first-order chi connectivity index (χ1) is 8.61. The Balaban J connectivity index is 2.38. The minimum absolute atomic E-state index is 0.102. The highest BCUT2D eigenvalue weighted by Gasteiger charge is 2.10. The van der Waals surface area contributed by atoms with Crippen LogP contribution in [0.5, 0.6) is 0 Å². The fraction of sp³-hybridized carbons (Fsp3) is 0.357. The van der Waals surface area contributed by atoms with Crippen LogP contribution in [0.3, 0.4) is 0 Å². The van der Waals surface area contributed by atoms with Crippen molar-refractivity contribution in [1.82, 2.24) is 9.78 Å². The third-order valence-corrected chi connectivity index (χ3v) is 2.91. The van der Waals surface area contributed by atoms with Gasteiger partial charge in [-0.15, -0.1) is 0 Å². The van der Waals surface area contributed by atoms with E-state index in [-0.39, 0.29) is 11.9 Å². The van der Waals surface area contributed by atoms with Crippen molar-refractivity contribution in [3.05, 3.63) is 42.0 Å². The Hall–Kier alpha value is -1.68. The monoisotopic (exact) mass is 247 g/mol. The first-order valence-electron chi connectivity index (χ1n) is 6.19. The molecule has 96 valence electrons. The molecule has 1 aromatic carbocycles. The number of hydrogen-bond donors (Lipinski definition) is 1. The molecule has 0 saturated carbocycles. The maximum absolute atomic E-state index is 13.8. The number of hydrogen-bond acceptors (Lipinski definition) is 2. The van der Waals surface area contributed by atoms with Crippen molar-refractivity contribution in [2.75, 3.05) is 0 Å². The molecular formula is C14H18FN3. The largest absolute Gasteiger partial charge is 0.324 e. The lowest BCUT2D eigenvalue weighted by molar-refractivity contribution is 0.602. The van der Waals surface area contributed by atoms with E-state index >= 15 is 0 Å². The lowest BCUT2D eigenvalue weighted by atomic mass is 10.0. The minimum Gasteiger partial charge on any atom is -0.324 e. The first kappa shape index (κ1) is 12.8. The predicted molar refractivity (Wildman–Crippen MR) is 70.5 cm³/mol. The second kappa shape index (κ2) is 5.31. The Morgan fingerprint density at radius 3 is 2.89 bits per heavy atom. The van der Waals surface area contributed by atoms with Crippen LogP contribution in [-0.2, 0) is 6.54 Å². The van der Waals surface area contributed by atoms with E-state index in [1.165, 1.54) is 6.07 Å². The first-order valence-corrected chi connectivity index (χ1v) is 6.19. The predicted octanol–water partition coefficient (Wildman–Crippen LogP) is 3.12. The van der Waals surface area contributed by atoms with Crippen molar-refractivity contribution in [1.29, 1.82) is 0 Å². The molecule has 1 atom stereocenters. The quantitative estimate of drug-likeness (QED) is 0.902. The van der Waals surface area contributed by atoms with Crippen LogP contribution in [0.4, 0.5) is 4.39 Å². The van der Waals surface area contributed by atoms with Crippen LogP contribution in [-0.4, -0.2) is 9.78 Å². The van der Waals surface area contributed by atoms with Crippen LogP contribution >= 0.6 is 0 Å². The van der Waals surface area contributed by atoms with Gasteiger partial charge in [-0.25, -0.2) is 4.39 Å². The molecule has 0 bridgehead atoms. The van der Waals surface area contributed by atoms with E-state index < -0.39 is 0 Å². The summed E-state index contributed by atoms with van der Waals surface area (Å²) in [6.07, 6.45) is 4.56. The van der Waals surface area contributed by atoms with Crippen LogP contribution in [0.25, 0.3) is 11.1 Å². The van der Waals surface area contributed by atoms with Gasteiger partial charge < -0.3 is 5.73 Å². The Labute approximate surface area is 106 Å². The molecule has 0 radical (unpaired) electrons. The van der Waals surface area contributed by atoms with Gasteiger partial charge in [0, 0.05) is 29.9 Å². The molecule has 1 heterocycles. The Kier molecular flexibility index (Phi) is 3.77. The molecule has 0 aliphatic heterocycles. The van der Waals surface area contributed by atoms with Gasteiger partial charge in [-0.3, -0.25) is 4.68 Å². The molecule has 2 rings (SSSR count). The summed E-state index contributed by atoms with van der Waals surface area (Å²) in [4.78, 5) is 0. The molecule has 3 nitrogen and oxygen atoms in total. The van der Waals surface area contributed by atoms with Gasteiger partial charge in [-0.1, -0.05) is 13.0 Å². The zero-order valence-electron chi connectivity index (χ0n) is 10.7. The number of halogens is 1. The molecule has 2 aromatic rings. The molecule has 0 fully saturated rings. The van der Waals surface area contributed by atoms with Crippen LogP contribution in [0.2, 0.25) is 0 Å². The van der Waals surface area contributed by atoms with Crippen molar-refractivity contribution in [3.63, 3.8) is 0 Å². The van der Waals surface area contributed by atoms with E-state index in [9.17, 15) is 4.39 Å². The smallest absolute Gasteiger partial charge is 0.131 e. The molecule has 0 amide bonds. The molecule has 18 heavy (non-hydrogen) atoms. The van der Waals surface area contributed by atoms with Gasteiger partial charge in [0.2, 0.25) is 0 Å². The summed E-state index contributed by atoms with van der Waals surface area (Å²) in [5, 5.41) is 4.22. The second-order valence-corrected chi connectivity index (χ2v) is 4.52. The molecule has 1 unspecified atom stereocenters. The van der Waals surface area contributed by atoms with Crippen molar-refractivity contribution in [2.45, 2.75) is 32.9 Å². The zero-order chi connectivity index (χ0) is 13.1. The number of aryl methyl sites for hydroxylation is 1. The van der Waals surface area contributed by atoms with E-state index in [1.807, 2.05) is 17.8 Å². The van der Waals surface area contributed by atoms with E-state index in [4.69, 9.17) is 5.73 Å². The topological polar surface area (TPSA) is 43.8 Å². The van der Waals surface area contributed by atoms with Crippen LogP contribution in [0, 0.1) is 5.82 Å². The minimum atomic E-state index is -0.240. The molecule has 0 aliphatic carbocycles. The molecule has 2 N–H and O–H groups in total. The van der Waals surface area contributed by atoms with Crippen LogP contribution < -0.4 is 5.73 Å². The van der Waals surface area contributed by atoms with Crippen molar-refractivity contribution >= 4 is 0 Å². The zero-order valence-corrected chi connectivity index (χ0v) is 10.7. The number of aromatic nitrogens is 2. The highest BCUT2D eigenvalue weighted by atomic mass is 19.1. The standard InChI is InChI=1S/C14H18FN3/c1-3-6-18-9-12(8-17-18)13-7-11(10(2)16)4-5-14(13)15/h4-5,7-10H,3,6,16H2,1-2H3. The Morgan fingerprint density at radius 1 is 1.44 bits per heavy atom. The second-order valence-electron chi connectivity index (χ2n) is 4.52. The summed E-state index contributed by atoms with van der Waals surface area (Å²) in [6, 6.07) is 4.88. The summed E-state index contributed by atoms with van der Waals surface area (Å²) in [5.74, 6) is -0.240. The highest BCUT2D eigenvalue weighted by molar-refractivity contribution is 5.63.